The van der Waals surface area contributed by atoms with Gasteiger partial charge in [-0.15, -0.1) is 0 Å². The maximum absolute atomic E-state index is 13.2. The molecule has 4 aromatic rings. The molecule has 6 heterocycles. The van der Waals surface area contributed by atoms with Crippen molar-refractivity contribution in [2.75, 3.05) is 37.7 Å². The minimum Gasteiger partial charge on any atom is -0.378 e. The molecule has 4 aromatic heterocycles. The van der Waals surface area contributed by atoms with E-state index in [0.717, 1.165) is 72.7 Å². The topological polar surface area (TPSA) is 100 Å². The maximum atomic E-state index is 13.2. The minimum atomic E-state index is -0.157. The van der Waals surface area contributed by atoms with Crippen LogP contribution < -0.4 is 4.90 Å². The summed E-state index contributed by atoms with van der Waals surface area (Å²) in [5.74, 6) is 0.0495. The van der Waals surface area contributed by atoms with E-state index in [9.17, 15) is 4.79 Å². The predicted octanol–water partition coefficient (Wildman–Crippen LogP) is 3.23. The molecule has 9 heteroatoms. The van der Waals surface area contributed by atoms with Crippen LogP contribution in [0, 0.1) is 0 Å². The van der Waals surface area contributed by atoms with E-state index in [2.05, 4.69) is 35.9 Å². The number of likely N-dealkylation sites (tertiary alicyclic amines) is 1. The lowest BCUT2D eigenvalue weighted by Gasteiger charge is -2.28. The Kier molecular flexibility index (Phi) is 5.38. The number of anilines is 1. The van der Waals surface area contributed by atoms with Gasteiger partial charge in [-0.2, -0.15) is 0 Å². The number of carbonyl (C=O) groups excluding carboxylic acids is 1. The molecule has 172 valence electrons. The highest BCUT2D eigenvalue weighted by Gasteiger charge is 2.32. The van der Waals surface area contributed by atoms with Crippen molar-refractivity contribution in [2.45, 2.75) is 18.9 Å². The Labute approximate surface area is 196 Å². The number of H-pyrrole nitrogens is 1. The average molecular weight is 456 g/mol. The number of hydrogen-bond donors (Lipinski definition) is 1. The Morgan fingerprint density at radius 3 is 2.68 bits per heavy atom. The molecule has 34 heavy (non-hydrogen) atoms. The van der Waals surface area contributed by atoms with Gasteiger partial charge in [-0.05, 0) is 31.0 Å². The summed E-state index contributed by atoms with van der Waals surface area (Å²) in [5, 5.41) is 1.00. The lowest BCUT2D eigenvalue weighted by Crippen LogP contribution is -2.36. The molecule has 9 nitrogen and oxygen atoms in total. The van der Waals surface area contributed by atoms with Crippen LogP contribution in [0.3, 0.4) is 0 Å². The Morgan fingerprint density at radius 2 is 1.88 bits per heavy atom. The van der Waals surface area contributed by atoms with Crippen LogP contribution in [-0.4, -0.2) is 68.6 Å². The van der Waals surface area contributed by atoms with Crippen molar-refractivity contribution in [3.05, 3.63) is 66.8 Å². The zero-order valence-corrected chi connectivity index (χ0v) is 18.7. The highest BCUT2D eigenvalue weighted by Crippen LogP contribution is 2.32. The molecule has 0 radical (unpaired) electrons. The molecule has 0 bridgehead atoms. The Morgan fingerprint density at radius 1 is 1.03 bits per heavy atom. The summed E-state index contributed by atoms with van der Waals surface area (Å²) in [4.78, 5) is 38.5. The van der Waals surface area contributed by atoms with E-state index in [4.69, 9.17) is 4.74 Å². The van der Waals surface area contributed by atoms with Gasteiger partial charge in [-0.3, -0.25) is 9.78 Å². The van der Waals surface area contributed by atoms with Gasteiger partial charge in [-0.1, -0.05) is 6.07 Å². The first-order chi connectivity index (χ1) is 16.8. The van der Waals surface area contributed by atoms with Gasteiger partial charge in [0.1, 0.15) is 5.65 Å². The summed E-state index contributed by atoms with van der Waals surface area (Å²) in [7, 11) is 0. The van der Waals surface area contributed by atoms with Crippen molar-refractivity contribution in [3.63, 3.8) is 0 Å². The van der Waals surface area contributed by atoms with Crippen molar-refractivity contribution in [3.8, 4) is 11.1 Å². The fourth-order valence-electron chi connectivity index (χ4n) is 4.82. The van der Waals surface area contributed by atoms with Crippen LogP contribution in [0.15, 0.2) is 55.2 Å². The summed E-state index contributed by atoms with van der Waals surface area (Å²) in [6.45, 7) is 3.83. The quantitative estimate of drug-likeness (QED) is 0.504. The first kappa shape index (κ1) is 20.7. The zero-order chi connectivity index (χ0) is 22.9. The number of nitrogens with zero attached hydrogens (tertiary/aromatic N) is 6. The van der Waals surface area contributed by atoms with Gasteiger partial charge in [0.05, 0.1) is 36.8 Å². The molecule has 2 aliphatic rings. The second-order valence-corrected chi connectivity index (χ2v) is 8.60. The third-order valence-electron chi connectivity index (χ3n) is 6.59. The number of amides is 1. The molecule has 1 atom stereocenters. The number of hydrogen-bond acceptors (Lipinski definition) is 7. The molecule has 2 saturated heterocycles. The molecular formula is C25H25N7O2. The van der Waals surface area contributed by atoms with Crippen LogP contribution in [-0.2, 0) is 4.74 Å². The number of pyridine rings is 2. The van der Waals surface area contributed by atoms with Crippen molar-refractivity contribution in [2.24, 2.45) is 0 Å². The number of aromatic amines is 1. The second-order valence-electron chi connectivity index (χ2n) is 8.60. The molecule has 0 saturated carbocycles. The minimum absolute atomic E-state index is 0.0322. The number of morpholine rings is 1. The summed E-state index contributed by atoms with van der Waals surface area (Å²) in [6, 6.07) is 7.91. The molecule has 1 amide bonds. The fraction of sp³-hybridized carbons (Fsp3) is 0.320. The number of fused-ring (bicyclic) bond motifs is 1. The average Bonchev–Trinajstić information content (AvgIpc) is 3.57. The Bertz CT molecular complexity index is 1300. The summed E-state index contributed by atoms with van der Waals surface area (Å²) in [6.07, 6.45) is 10.8. The van der Waals surface area contributed by atoms with Crippen molar-refractivity contribution in [1.82, 2.24) is 29.8 Å². The summed E-state index contributed by atoms with van der Waals surface area (Å²) in [5.41, 5.74) is 4.59. The normalized spacial score (nSPS) is 18.5. The zero-order valence-electron chi connectivity index (χ0n) is 18.7. The molecule has 0 aliphatic carbocycles. The van der Waals surface area contributed by atoms with Crippen LogP contribution in [0.4, 0.5) is 5.69 Å². The largest absolute Gasteiger partial charge is 0.378 e. The van der Waals surface area contributed by atoms with E-state index in [1.165, 1.54) is 0 Å². The van der Waals surface area contributed by atoms with Crippen molar-refractivity contribution >= 4 is 22.6 Å². The van der Waals surface area contributed by atoms with Gasteiger partial charge in [0.2, 0.25) is 5.82 Å². The van der Waals surface area contributed by atoms with Crippen molar-refractivity contribution in [1.29, 1.82) is 0 Å². The fourth-order valence-corrected chi connectivity index (χ4v) is 4.82. The van der Waals surface area contributed by atoms with Crippen LogP contribution in [0.25, 0.3) is 22.2 Å². The van der Waals surface area contributed by atoms with Gasteiger partial charge < -0.3 is 19.5 Å². The SMILES string of the molecule is O=C(c1ncc(-c2c[nH]c3ncc(N4CCOCC4)cc23)cn1)N1CCCC1c1ccccn1. The van der Waals surface area contributed by atoms with E-state index in [1.807, 2.05) is 35.5 Å². The van der Waals surface area contributed by atoms with Gasteiger partial charge in [0, 0.05) is 60.9 Å². The molecule has 0 spiro atoms. The molecule has 2 aliphatic heterocycles. The Hall–Kier alpha value is -3.85. The van der Waals surface area contributed by atoms with E-state index in [-0.39, 0.29) is 17.8 Å². The molecular weight excluding hydrogens is 430 g/mol. The Balaban J connectivity index is 1.26. The number of ether oxygens (including phenoxy) is 1. The highest BCUT2D eigenvalue weighted by molar-refractivity contribution is 5.95. The standard InChI is InChI=1S/C25H25N7O2/c33-25(32-7-3-5-22(32)21-4-1-2-6-26-21)24-27-13-17(14-28-24)20-16-30-23-19(20)12-18(15-29-23)31-8-10-34-11-9-31/h1-2,4,6,12-16,22H,3,5,7-11H2,(H,29,30). The lowest BCUT2D eigenvalue weighted by molar-refractivity contribution is 0.0720. The van der Waals surface area contributed by atoms with Crippen molar-refractivity contribution < 1.29 is 9.53 Å². The summed E-state index contributed by atoms with van der Waals surface area (Å²) < 4.78 is 5.47. The molecule has 1 unspecified atom stereocenters. The number of aromatic nitrogens is 5. The summed E-state index contributed by atoms with van der Waals surface area (Å²) >= 11 is 0. The molecule has 1 N–H and O–H groups in total. The van der Waals surface area contributed by atoms with Crippen LogP contribution in [0.2, 0.25) is 0 Å². The smallest absolute Gasteiger partial charge is 0.292 e. The predicted molar refractivity (Wildman–Crippen MR) is 127 cm³/mol. The van der Waals surface area contributed by atoms with Crippen LogP contribution in [0.5, 0.6) is 0 Å². The van der Waals surface area contributed by atoms with Gasteiger partial charge >= 0.3 is 0 Å². The monoisotopic (exact) mass is 455 g/mol. The molecule has 0 aromatic carbocycles. The van der Waals surface area contributed by atoms with Gasteiger partial charge in [0.25, 0.3) is 5.91 Å². The van der Waals surface area contributed by atoms with Gasteiger partial charge in [0.15, 0.2) is 0 Å². The van der Waals surface area contributed by atoms with E-state index in [1.54, 1.807) is 18.6 Å². The number of carbonyl (C=O) groups is 1. The lowest BCUT2D eigenvalue weighted by atomic mass is 10.1. The maximum Gasteiger partial charge on any atom is 0.292 e. The first-order valence-corrected chi connectivity index (χ1v) is 11.6. The first-order valence-electron chi connectivity index (χ1n) is 11.6. The molecule has 6 rings (SSSR count). The number of rotatable bonds is 4. The third kappa shape index (κ3) is 3.77. The second kappa shape index (κ2) is 8.83. The van der Waals surface area contributed by atoms with E-state index in [0.29, 0.717) is 6.54 Å². The van der Waals surface area contributed by atoms with E-state index >= 15 is 0 Å². The highest BCUT2D eigenvalue weighted by atomic mass is 16.5. The number of nitrogens with one attached hydrogen (secondary N) is 1. The molecule has 2 fully saturated rings. The third-order valence-corrected chi connectivity index (χ3v) is 6.59. The van der Waals surface area contributed by atoms with Crippen LogP contribution >= 0.6 is 0 Å². The van der Waals surface area contributed by atoms with Gasteiger partial charge in [-0.25, -0.2) is 15.0 Å². The van der Waals surface area contributed by atoms with Crippen LogP contribution in [0.1, 0.15) is 35.2 Å². The van der Waals surface area contributed by atoms with E-state index < -0.39 is 0 Å².